The maximum absolute atomic E-state index is 11.2. The van der Waals surface area contributed by atoms with E-state index in [1.165, 1.54) is 0 Å². The number of hydrogen-bond donors (Lipinski definition) is 1. The van der Waals surface area contributed by atoms with Crippen LogP contribution in [0.25, 0.3) is 0 Å². The minimum atomic E-state index is 0.0644. The molecule has 0 aromatic heterocycles. The zero-order chi connectivity index (χ0) is 10.2. The average Bonchev–Trinajstić information content (AvgIpc) is 2.25. The quantitative estimate of drug-likeness (QED) is 0.745. The summed E-state index contributed by atoms with van der Waals surface area (Å²) in [7, 11) is 0. The highest BCUT2D eigenvalue weighted by Gasteiger charge is 1.99. The van der Waals surface area contributed by atoms with Crippen molar-refractivity contribution in [3.8, 4) is 0 Å². The lowest BCUT2D eigenvalue weighted by Gasteiger charge is -2.03. The number of rotatable bonds is 5. The van der Waals surface area contributed by atoms with E-state index in [1.54, 1.807) is 0 Å². The van der Waals surface area contributed by atoms with Crippen LogP contribution in [0.1, 0.15) is 18.4 Å². The van der Waals surface area contributed by atoms with Gasteiger partial charge in [0.25, 0.3) is 0 Å². The fourth-order valence-corrected chi connectivity index (χ4v) is 1.25. The van der Waals surface area contributed by atoms with Crippen molar-refractivity contribution in [3.63, 3.8) is 0 Å². The second kappa shape index (κ2) is 6.44. The topological polar surface area (TPSA) is 29.1 Å². The molecular formula is C11H14ClNO. The third kappa shape index (κ3) is 4.28. The first-order valence-corrected chi connectivity index (χ1v) is 5.23. The molecule has 1 N–H and O–H groups in total. The van der Waals surface area contributed by atoms with Gasteiger partial charge >= 0.3 is 0 Å². The van der Waals surface area contributed by atoms with E-state index in [-0.39, 0.29) is 5.91 Å². The van der Waals surface area contributed by atoms with Gasteiger partial charge in [0.05, 0.1) is 0 Å². The first-order valence-electron chi connectivity index (χ1n) is 4.69. The van der Waals surface area contributed by atoms with Crippen LogP contribution in [0.3, 0.4) is 0 Å². The predicted octanol–water partition coefficient (Wildman–Crippen LogP) is 2.32. The number of halogens is 1. The van der Waals surface area contributed by atoms with Crippen molar-refractivity contribution in [2.24, 2.45) is 0 Å². The summed E-state index contributed by atoms with van der Waals surface area (Å²) in [5.74, 6) is 0.605. The highest BCUT2D eigenvalue weighted by molar-refractivity contribution is 6.17. The third-order valence-electron chi connectivity index (χ3n) is 1.87. The molecule has 0 aliphatic heterocycles. The normalized spacial score (nSPS) is 9.79. The summed E-state index contributed by atoms with van der Waals surface area (Å²) in [4.78, 5) is 11.2. The molecule has 0 aliphatic carbocycles. The van der Waals surface area contributed by atoms with Crippen LogP contribution in [-0.4, -0.2) is 11.8 Å². The molecule has 2 nitrogen and oxygen atoms in total. The van der Waals surface area contributed by atoms with E-state index in [4.69, 9.17) is 11.6 Å². The Balaban J connectivity index is 2.24. The standard InChI is InChI=1S/C11H14ClNO/c12-8-4-7-11(14)13-9-10-5-2-1-3-6-10/h1-3,5-6H,4,7-9H2,(H,13,14). The molecule has 0 heterocycles. The van der Waals surface area contributed by atoms with Crippen LogP contribution in [0.4, 0.5) is 0 Å². The van der Waals surface area contributed by atoms with Crippen LogP contribution in [0.5, 0.6) is 0 Å². The molecule has 1 aromatic carbocycles. The molecule has 1 rings (SSSR count). The number of alkyl halides is 1. The maximum Gasteiger partial charge on any atom is 0.220 e. The maximum atomic E-state index is 11.2. The van der Waals surface area contributed by atoms with E-state index in [0.717, 1.165) is 12.0 Å². The lowest BCUT2D eigenvalue weighted by molar-refractivity contribution is -0.121. The van der Waals surface area contributed by atoms with Crippen molar-refractivity contribution in [1.82, 2.24) is 5.32 Å². The summed E-state index contributed by atoms with van der Waals surface area (Å²) in [6.45, 7) is 0.599. The molecule has 14 heavy (non-hydrogen) atoms. The highest BCUT2D eigenvalue weighted by atomic mass is 35.5. The summed E-state index contributed by atoms with van der Waals surface area (Å²) in [5, 5.41) is 2.84. The molecule has 0 spiro atoms. The van der Waals surface area contributed by atoms with Crippen molar-refractivity contribution >= 4 is 17.5 Å². The summed E-state index contributed by atoms with van der Waals surface area (Å²) in [5.41, 5.74) is 1.12. The van der Waals surface area contributed by atoms with Crippen molar-refractivity contribution in [1.29, 1.82) is 0 Å². The largest absolute Gasteiger partial charge is 0.352 e. The highest BCUT2D eigenvalue weighted by Crippen LogP contribution is 1.98. The molecule has 1 aromatic rings. The minimum Gasteiger partial charge on any atom is -0.352 e. The lowest BCUT2D eigenvalue weighted by Crippen LogP contribution is -2.22. The number of amides is 1. The number of carbonyl (C=O) groups is 1. The molecule has 0 saturated heterocycles. The van der Waals surface area contributed by atoms with Crippen LogP contribution in [0, 0.1) is 0 Å². The molecule has 3 heteroatoms. The predicted molar refractivity (Wildman–Crippen MR) is 58.2 cm³/mol. The zero-order valence-electron chi connectivity index (χ0n) is 8.00. The van der Waals surface area contributed by atoms with Crippen molar-refractivity contribution in [2.75, 3.05) is 5.88 Å². The number of hydrogen-bond acceptors (Lipinski definition) is 1. The van der Waals surface area contributed by atoms with Gasteiger partial charge in [-0.05, 0) is 12.0 Å². The van der Waals surface area contributed by atoms with Gasteiger partial charge < -0.3 is 5.32 Å². The summed E-state index contributed by atoms with van der Waals surface area (Å²) in [6.07, 6.45) is 1.25. The van der Waals surface area contributed by atoms with Crippen LogP contribution >= 0.6 is 11.6 Å². The first-order chi connectivity index (χ1) is 6.83. The Morgan fingerprint density at radius 1 is 1.29 bits per heavy atom. The van der Waals surface area contributed by atoms with Gasteiger partial charge in [-0.25, -0.2) is 0 Å². The lowest BCUT2D eigenvalue weighted by atomic mass is 10.2. The molecule has 0 fully saturated rings. The third-order valence-corrected chi connectivity index (χ3v) is 2.14. The van der Waals surface area contributed by atoms with Crippen molar-refractivity contribution in [2.45, 2.75) is 19.4 Å². The Morgan fingerprint density at radius 3 is 2.64 bits per heavy atom. The summed E-state index contributed by atoms with van der Waals surface area (Å²) >= 11 is 5.48. The Kier molecular flexibility index (Phi) is 5.08. The van der Waals surface area contributed by atoms with Gasteiger partial charge in [-0.15, -0.1) is 11.6 Å². The summed E-state index contributed by atoms with van der Waals surface area (Å²) < 4.78 is 0. The van der Waals surface area contributed by atoms with E-state index in [2.05, 4.69) is 5.32 Å². The van der Waals surface area contributed by atoms with Crippen LogP contribution < -0.4 is 5.32 Å². The van der Waals surface area contributed by atoms with E-state index < -0.39 is 0 Å². The van der Waals surface area contributed by atoms with Crippen LogP contribution in [0.15, 0.2) is 30.3 Å². The minimum absolute atomic E-state index is 0.0644. The molecule has 0 bridgehead atoms. The van der Waals surface area contributed by atoms with Crippen LogP contribution in [-0.2, 0) is 11.3 Å². The van der Waals surface area contributed by atoms with Gasteiger partial charge in [0.15, 0.2) is 0 Å². The number of benzene rings is 1. The van der Waals surface area contributed by atoms with E-state index in [9.17, 15) is 4.79 Å². The molecule has 0 radical (unpaired) electrons. The van der Waals surface area contributed by atoms with Gasteiger partial charge in [0.2, 0.25) is 5.91 Å². The Morgan fingerprint density at radius 2 is 2.00 bits per heavy atom. The fourth-order valence-electron chi connectivity index (χ4n) is 1.11. The second-order valence-corrected chi connectivity index (χ2v) is 3.43. The van der Waals surface area contributed by atoms with E-state index in [0.29, 0.717) is 18.8 Å². The van der Waals surface area contributed by atoms with Crippen molar-refractivity contribution in [3.05, 3.63) is 35.9 Å². The molecule has 0 saturated carbocycles. The Hall–Kier alpha value is -1.02. The van der Waals surface area contributed by atoms with E-state index in [1.807, 2.05) is 30.3 Å². The van der Waals surface area contributed by atoms with Gasteiger partial charge in [-0.3, -0.25) is 4.79 Å². The molecule has 0 atom stereocenters. The molecule has 76 valence electrons. The van der Waals surface area contributed by atoms with Crippen molar-refractivity contribution < 1.29 is 4.79 Å². The summed E-state index contributed by atoms with van der Waals surface area (Å²) in [6, 6.07) is 9.85. The number of nitrogens with one attached hydrogen (secondary N) is 1. The van der Waals surface area contributed by atoms with Gasteiger partial charge in [-0.1, -0.05) is 30.3 Å². The van der Waals surface area contributed by atoms with Gasteiger partial charge in [0.1, 0.15) is 0 Å². The number of carbonyl (C=O) groups excluding carboxylic acids is 1. The van der Waals surface area contributed by atoms with E-state index >= 15 is 0 Å². The Bertz CT molecular complexity index is 274. The SMILES string of the molecule is O=C(CCCCl)NCc1ccccc1. The zero-order valence-corrected chi connectivity index (χ0v) is 8.76. The average molecular weight is 212 g/mol. The second-order valence-electron chi connectivity index (χ2n) is 3.05. The monoisotopic (exact) mass is 211 g/mol. The fraction of sp³-hybridized carbons (Fsp3) is 0.364. The molecule has 0 unspecified atom stereocenters. The smallest absolute Gasteiger partial charge is 0.220 e. The van der Waals surface area contributed by atoms with Gasteiger partial charge in [0, 0.05) is 18.8 Å². The van der Waals surface area contributed by atoms with Gasteiger partial charge in [-0.2, -0.15) is 0 Å². The molecule has 1 amide bonds. The van der Waals surface area contributed by atoms with Crippen LogP contribution in [0.2, 0.25) is 0 Å². The molecular weight excluding hydrogens is 198 g/mol. The molecule has 0 aliphatic rings. The Labute approximate surface area is 89.3 Å². The first kappa shape index (κ1) is 11.1.